The summed E-state index contributed by atoms with van der Waals surface area (Å²) in [5, 5.41) is 0. The first-order valence-corrected chi connectivity index (χ1v) is 9.09. The summed E-state index contributed by atoms with van der Waals surface area (Å²) in [6.07, 6.45) is 3.42. The second-order valence-corrected chi connectivity index (χ2v) is 7.79. The van der Waals surface area contributed by atoms with Gasteiger partial charge in [0.1, 0.15) is 5.82 Å². The highest BCUT2D eigenvalue weighted by atomic mass is 32.2. The molecule has 2 aromatic rings. The number of piperazine rings is 1. The van der Waals surface area contributed by atoms with E-state index in [0.29, 0.717) is 31.1 Å². The molecule has 1 atom stereocenters. The second-order valence-electron chi connectivity index (χ2n) is 5.85. The molecule has 2 aliphatic heterocycles. The average Bonchev–Trinajstić information content (AvgIpc) is 3.26. The summed E-state index contributed by atoms with van der Waals surface area (Å²) < 4.78 is 38.0. The van der Waals surface area contributed by atoms with E-state index in [-0.39, 0.29) is 17.7 Å². The summed E-state index contributed by atoms with van der Waals surface area (Å²) in [6, 6.07) is 4.62. The monoisotopic (exact) mass is 350 g/mol. The molecule has 0 bridgehead atoms. The zero-order valence-electron chi connectivity index (χ0n) is 13.2. The van der Waals surface area contributed by atoms with Crippen LogP contribution < -0.4 is 9.47 Å². The van der Waals surface area contributed by atoms with E-state index in [9.17, 15) is 8.42 Å². The minimum Gasteiger partial charge on any atom is -0.454 e. The summed E-state index contributed by atoms with van der Waals surface area (Å²) in [6.45, 7) is 1.54. The number of sulfonamides is 1. The van der Waals surface area contributed by atoms with Gasteiger partial charge in [-0.1, -0.05) is 0 Å². The van der Waals surface area contributed by atoms with Gasteiger partial charge in [0.05, 0.1) is 10.9 Å². The number of aromatic amines is 1. The molecule has 0 radical (unpaired) electrons. The number of hydrogen-bond acceptors (Lipinski definition) is 6. The zero-order valence-corrected chi connectivity index (χ0v) is 14.0. The van der Waals surface area contributed by atoms with Crippen LogP contribution in [0.25, 0.3) is 0 Å². The van der Waals surface area contributed by atoms with Crippen molar-refractivity contribution in [1.82, 2.24) is 19.2 Å². The number of hydrogen-bond donors (Lipinski definition) is 1. The van der Waals surface area contributed by atoms with Crippen molar-refractivity contribution in [3.63, 3.8) is 0 Å². The van der Waals surface area contributed by atoms with Crippen molar-refractivity contribution in [2.75, 3.05) is 33.5 Å². The third-order valence-electron chi connectivity index (χ3n) is 4.43. The molecule has 1 aromatic heterocycles. The number of nitrogens with zero attached hydrogens (tertiary/aromatic N) is 3. The molecule has 0 aliphatic carbocycles. The Bertz CT molecular complexity index is 837. The molecule has 8 nitrogen and oxygen atoms in total. The Balaban J connectivity index is 1.62. The van der Waals surface area contributed by atoms with E-state index in [4.69, 9.17) is 9.47 Å². The molecule has 2 aliphatic rings. The topological polar surface area (TPSA) is 87.8 Å². The van der Waals surface area contributed by atoms with Gasteiger partial charge in [0.2, 0.25) is 16.8 Å². The van der Waals surface area contributed by atoms with Crippen LogP contribution in [-0.2, 0) is 10.0 Å². The van der Waals surface area contributed by atoms with Crippen molar-refractivity contribution in [1.29, 1.82) is 0 Å². The largest absolute Gasteiger partial charge is 0.454 e. The molecule has 4 rings (SSSR count). The van der Waals surface area contributed by atoms with Gasteiger partial charge in [0.25, 0.3) is 0 Å². The van der Waals surface area contributed by atoms with Crippen LogP contribution >= 0.6 is 0 Å². The third-order valence-corrected chi connectivity index (χ3v) is 6.29. The maximum absolute atomic E-state index is 13.0. The lowest BCUT2D eigenvalue weighted by atomic mass is 10.2. The second kappa shape index (κ2) is 5.76. The SMILES string of the molecule is CN1CCN(S(=O)(=O)c2ccc3c(c2)OCO3)C[C@H]1c1ncc[nH]1. The number of benzene rings is 1. The standard InChI is InChI=1S/C15H18N4O4S/c1-18-6-7-19(9-12(18)15-16-4-5-17-15)24(20,21)11-2-3-13-14(8-11)23-10-22-13/h2-5,8,12H,6-7,9-10H2,1H3,(H,16,17)/t12-/m0/s1. The quantitative estimate of drug-likeness (QED) is 0.882. The van der Waals surface area contributed by atoms with Crippen LogP contribution in [0.1, 0.15) is 11.9 Å². The molecular weight excluding hydrogens is 332 g/mol. The molecule has 24 heavy (non-hydrogen) atoms. The van der Waals surface area contributed by atoms with E-state index < -0.39 is 10.0 Å². The lowest BCUT2D eigenvalue weighted by molar-refractivity contribution is 0.142. The Kier molecular flexibility index (Phi) is 3.70. The van der Waals surface area contributed by atoms with Crippen molar-refractivity contribution in [2.45, 2.75) is 10.9 Å². The summed E-state index contributed by atoms with van der Waals surface area (Å²) in [4.78, 5) is 9.66. The fourth-order valence-corrected chi connectivity index (χ4v) is 4.46. The van der Waals surface area contributed by atoms with Crippen LogP contribution in [0.4, 0.5) is 0 Å². The number of rotatable bonds is 3. The van der Waals surface area contributed by atoms with E-state index in [1.807, 2.05) is 7.05 Å². The Morgan fingerprint density at radius 2 is 2.08 bits per heavy atom. The van der Waals surface area contributed by atoms with E-state index in [1.165, 1.54) is 10.4 Å². The van der Waals surface area contributed by atoms with Gasteiger partial charge in [-0.2, -0.15) is 4.31 Å². The van der Waals surface area contributed by atoms with Gasteiger partial charge in [-0.3, -0.25) is 4.90 Å². The maximum atomic E-state index is 13.0. The van der Waals surface area contributed by atoms with E-state index >= 15 is 0 Å². The minimum absolute atomic E-state index is 0.0995. The van der Waals surface area contributed by atoms with E-state index in [0.717, 1.165) is 5.82 Å². The Morgan fingerprint density at radius 1 is 1.25 bits per heavy atom. The van der Waals surface area contributed by atoms with Crippen molar-refractivity contribution >= 4 is 10.0 Å². The van der Waals surface area contributed by atoms with Gasteiger partial charge in [-0.15, -0.1) is 0 Å². The minimum atomic E-state index is -3.60. The van der Waals surface area contributed by atoms with Crippen LogP contribution in [0.3, 0.4) is 0 Å². The van der Waals surface area contributed by atoms with Gasteiger partial charge in [-0.05, 0) is 19.2 Å². The van der Waals surface area contributed by atoms with Crippen molar-refractivity contribution in [2.24, 2.45) is 0 Å². The van der Waals surface area contributed by atoms with E-state index in [2.05, 4.69) is 14.9 Å². The highest BCUT2D eigenvalue weighted by Gasteiger charge is 2.35. The molecule has 1 aromatic carbocycles. The molecule has 1 N–H and O–H groups in total. The van der Waals surface area contributed by atoms with E-state index in [1.54, 1.807) is 24.5 Å². The van der Waals surface area contributed by atoms with Gasteiger partial charge in [-0.25, -0.2) is 13.4 Å². The maximum Gasteiger partial charge on any atom is 0.243 e. The number of H-pyrrole nitrogens is 1. The first-order valence-electron chi connectivity index (χ1n) is 7.65. The molecule has 0 spiro atoms. The van der Waals surface area contributed by atoms with Crippen LogP contribution in [0.2, 0.25) is 0 Å². The summed E-state index contributed by atoms with van der Waals surface area (Å²) >= 11 is 0. The first kappa shape index (κ1) is 15.4. The number of ether oxygens (including phenoxy) is 2. The molecule has 128 valence electrons. The normalized spacial score (nSPS) is 22.0. The molecule has 3 heterocycles. The third kappa shape index (κ3) is 2.54. The van der Waals surface area contributed by atoms with Crippen molar-refractivity contribution in [3.05, 3.63) is 36.4 Å². The molecule has 0 saturated carbocycles. The molecule has 0 unspecified atom stereocenters. The molecule has 9 heteroatoms. The van der Waals surface area contributed by atoms with Crippen LogP contribution in [0.5, 0.6) is 11.5 Å². The van der Waals surface area contributed by atoms with Crippen molar-refractivity contribution in [3.8, 4) is 11.5 Å². The Hall–Kier alpha value is -2.10. The van der Waals surface area contributed by atoms with Crippen molar-refractivity contribution < 1.29 is 17.9 Å². The van der Waals surface area contributed by atoms with Gasteiger partial charge >= 0.3 is 0 Å². The van der Waals surface area contributed by atoms with Crippen LogP contribution in [0.15, 0.2) is 35.5 Å². The Morgan fingerprint density at radius 3 is 2.88 bits per heavy atom. The van der Waals surface area contributed by atoms with Gasteiger partial charge < -0.3 is 14.5 Å². The summed E-state index contributed by atoms with van der Waals surface area (Å²) in [7, 11) is -1.63. The molecular formula is C15H18N4O4S. The number of fused-ring (bicyclic) bond motifs is 1. The Labute approximate surface area is 140 Å². The predicted octanol–water partition coefficient (Wildman–Crippen LogP) is 0.816. The number of aromatic nitrogens is 2. The lowest BCUT2D eigenvalue weighted by Crippen LogP contribution is -2.49. The molecule has 1 fully saturated rings. The highest BCUT2D eigenvalue weighted by molar-refractivity contribution is 7.89. The molecule has 0 amide bonds. The van der Waals surface area contributed by atoms with Gasteiger partial charge in [0, 0.05) is 38.1 Å². The zero-order chi connectivity index (χ0) is 16.7. The predicted molar refractivity (Wildman–Crippen MR) is 85.3 cm³/mol. The highest BCUT2D eigenvalue weighted by Crippen LogP contribution is 2.35. The lowest BCUT2D eigenvalue weighted by Gasteiger charge is -2.37. The molecule has 1 saturated heterocycles. The number of likely N-dealkylation sites (N-methyl/N-ethyl adjacent to an activating group) is 1. The number of nitrogens with one attached hydrogen (secondary N) is 1. The number of imidazole rings is 1. The van der Waals surface area contributed by atoms with Crippen LogP contribution in [-0.4, -0.2) is 61.1 Å². The van der Waals surface area contributed by atoms with Gasteiger partial charge in [0.15, 0.2) is 11.5 Å². The summed E-state index contributed by atoms with van der Waals surface area (Å²) in [5.41, 5.74) is 0. The average molecular weight is 350 g/mol. The smallest absolute Gasteiger partial charge is 0.243 e. The fourth-order valence-electron chi connectivity index (χ4n) is 3.01. The summed E-state index contributed by atoms with van der Waals surface area (Å²) in [5.74, 6) is 1.80. The fraction of sp³-hybridized carbons (Fsp3) is 0.400. The van der Waals surface area contributed by atoms with Crippen LogP contribution in [0, 0.1) is 0 Å². The first-order chi connectivity index (χ1) is 11.6.